The second-order valence-electron chi connectivity index (χ2n) is 5.57. The van der Waals surface area contributed by atoms with Gasteiger partial charge in [0.1, 0.15) is 4.32 Å². The predicted octanol–water partition coefficient (Wildman–Crippen LogP) is 3.85. The van der Waals surface area contributed by atoms with Crippen LogP contribution in [0.3, 0.4) is 0 Å². The van der Waals surface area contributed by atoms with E-state index in [0.29, 0.717) is 20.7 Å². The zero-order valence-electron chi connectivity index (χ0n) is 13.2. The van der Waals surface area contributed by atoms with Gasteiger partial charge in [-0.3, -0.25) is 9.69 Å². The van der Waals surface area contributed by atoms with Gasteiger partial charge in [0.25, 0.3) is 5.91 Å². The van der Waals surface area contributed by atoms with E-state index in [4.69, 9.17) is 21.7 Å². The standard InChI is InChI=1S/C17H19NO3S2/c1-20-13-9-5-6-11(15(13)21-2)10-14-16(19)18(17(22)23-14)12-7-3-4-8-12/h5-6,9-10,12H,3-4,7-8H2,1-2H3. The summed E-state index contributed by atoms with van der Waals surface area (Å²) in [6.07, 6.45) is 6.27. The van der Waals surface area contributed by atoms with Crippen LogP contribution in [0.4, 0.5) is 0 Å². The van der Waals surface area contributed by atoms with Crippen molar-refractivity contribution in [1.82, 2.24) is 4.90 Å². The Morgan fingerprint density at radius 1 is 1.26 bits per heavy atom. The van der Waals surface area contributed by atoms with Gasteiger partial charge in [-0.15, -0.1) is 0 Å². The highest BCUT2D eigenvalue weighted by Crippen LogP contribution is 2.40. The molecular formula is C17H19NO3S2. The first-order valence-corrected chi connectivity index (χ1v) is 8.86. The molecule has 0 unspecified atom stereocenters. The number of rotatable bonds is 4. The minimum Gasteiger partial charge on any atom is -0.493 e. The number of hydrogen-bond acceptors (Lipinski definition) is 5. The number of thioether (sulfide) groups is 1. The fourth-order valence-corrected chi connectivity index (χ4v) is 4.52. The SMILES string of the molecule is COc1cccc(C=C2SC(=S)N(C3CCCC3)C2=O)c1OC. The Labute approximate surface area is 145 Å². The Hall–Kier alpha value is -1.53. The van der Waals surface area contributed by atoms with Crippen LogP contribution < -0.4 is 9.47 Å². The lowest BCUT2D eigenvalue weighted by Gasteiger charge is -2.21. The highest BCUT2D eigenvalue weighted by atomic mass is 32.2. The van der Waals surface area contributed by atoms with Gasteiger partial charge in [0.05, 0.1) is 19.1 Å². The maximum absolute atomic E-state index is 12.7. The molecule has 23 heavy (non-hydrogen) atoms. The van der Waals surface area contributed by atoms with Crippen molar-refractivity contribution in [3.63, 3.8) is 0 Å². The van der Waals surface area contributed by atoms with E-state index in [2.05, 4.69) is 0 Å². The lowest BCUT2D eigenvalue weighted by atomic mass is 10.1. The third-order valence-electron chi connectivity index (χ3n) is 4.23. The average molecular weight is 349 g/mol. The molecule has 0 bridgehead atoms. The molecule has 3 rings (SSSR count). The maximum atomic E-state index is 12.7. The van der Waals surface area contributed by atoms with E-state index >= 15 is 0 Å². The first-order valence-electron chi connectivity index (χ1n) is 7.63. The van der Waals surface area contributed by atoms with Gasteiger partial charge in [0.2, 0.25) is 0 Å². The van der Waals surface area contributed by atoms with E-state index in [1.165, 1.54) is 24.6 Å². The van der Waals surface area contributed by atoms with Crippen molar-refractivity contribution in [3.8, 4) is 11.5 Å². The van der Waals surface area contributed by atoms with Crippen molar-refractivity contribution in [3.05, 3.63) is 28.7 Å². The van der Waals surface area contributed by atoms with Crippen molar-refractivity contribution in [2.24, 2.45) is 0 Å². The number of methoxy groups -OCH3 is 2. The maximum Gasteiger partial charge on any atom is 0.266 e. The number of amides is 1. The topological polar surface area (TPSA) is 38.8 Å². The Bertz CT molecular complexity index is 666. The molecule has 1 saturated carbocycles. The van der Waals surface area contributed by atoms with Crippen molar-refractivity contribution in [1.29, 1.82) is 0 Å². The molecule has 0 aromatic heterocycles. The number of carbonyl (C=O) groups excluding carboxylic acids is 1. The molecule has 122 valence electrons. The Morgan fingerprint density at radius 2 is 2.00 bits per heavy atom. The summed E-state index contributed by atoms with van der Waals surface area (Å²) < 4.78 is 11.4. The molecule has 0 spiro atoms. The minimum atomic E-state index is 0.0109. The van der Waals surface area contributed by atoms with E-state index in [1.54, 1.807) is 19.1 Å². The summed E-state index contributed by atoms with van der Waals surface area (Å²) in [6.45, 7) is 0. The van der Waals surface area contributed by atoms with Gasteiger partial charge in [-0.1, -0.05) is 49.0 Å². The second-order valence-corrected chi connectivity index (χ2v) is 7.25. The van der Waals surface area contributed by atoms with Crippen LogP contribution in [0, 0.1) is 0 Å². The molecule has 0 N–H and O–H groups in total. The molecule has 1 amide bonds. The van der Waals surface area contributed by atoms with Gasteiger partial charge in [-0.05, 0) is 25.0 Å². The normalized spacial score (nSPS) is 20.6. The molecule has 1 aromatic rings. The molecule has 6 heteroatoms. The fraction of sp³-hybridized carbons (Fsp3) is 0.412. The molecule has 1 aromatic carbocycles. The third kappa shape index (κ3) is 3.10. The quantitative estimate of drug-likeness (QED) is 0.610. The van der Waals surface area contributed by atoms with Gasteiger partial charge in [-0.2, -0.15) is 0 Å². The molecule has 2 fully saturated rings. The van der Waals surface area contributed by atoms with Gasteiger partial charge >= 0.3 is 0 Å². The highest BCUT2D eigenvalue weighted by molar-refractivity contribution is 8.26. The van der Waals surface area contributed by atoms with Gasteiger partial charge < -0.3 is 9.47 Å². The fourth-order valence-electron chi connectivity index (χ4n) is 3.12. The summed E-state index contributed by atoms with van der Waals surface area (Å²) in [7, 11) is 3.19. The van der Waals surface area contributed by atoms with Crippen LogP contribution >= 0.6 is 24.0 Å². The predicted molar refractivity (Wildman–Crippen MR) is 96.8 cm³/mol. The third-order valence-corrected chi connectivity index (χ3v) is 5.56. The first-order chi connectivity index (χ1) is 11.2. The van der Waals surface area contributed by atoms with E-state index < -0.39 is 0 Å². The average Bonchev–Trinajstić information content (AvgIpc) is 3.16. The largest absolute Gasteiger partial charge is 0.493 e. The van der Waals surface area contributed by atoms with E-state index in [9.17, 15) is 4.79 Å². The summed E-state index contributed by atoms with van der Waals surface area (Å²) >= 11 is 6.80. The summed E-state index contributed by atoms with van der Waals surface area (Å²) in [5.74, 6) is 1.28. The number of ether oxygens (including phenoxy) is 2. The Balaban J connectivity index is 1.92. The van der Waals surface area contributed by atoms with E-state index in [0.717, 1.165) is 18.4 Å². The summed E-state index contributed by atoms with van der Waals surface area (Å²) in [5, 5.41) is 0. The van der Waals surface area contributed by atoms with Crippen LogP contribution in [-0.4, -0.2) is 35.4 Å². The second kappa shape index (κ2) is 6.93. The van der Waals surface area contributed by atoms with Crippen molar-refractivity contribution in [2.75, 3.05) is 14.2 Å². The van der Waals surface area contributed by atoms with Crippen LogP contribution in [0.5, 0.6) is 11.5 Å². The van der Waals surface area contributed by atoms with E-state index in [-0.39, 0.29) is 11.9 Å². The van der Waals surface area contributed by atoms with Crippen molar-refractivity contribution >= 4 is 40.3 Å². The smallest absolute Gasteiger partial charge is 0.266 e. The Kier molecular flexibility index (Phi) is 4.92. The number of hydrogen-bond donors (Lipinski definition) is 0. The molecular weight excluding hydrogens is 330 g/mol. The summed E-state index contributed by atoms with van der Waals surface area (Å²) in [6, 6.07) is 5.88. The minimum absolute atomic E-state index is 0.0109. The Morgan fingerprint density at radius 3 is 2.65 bits per heavy atom. The number of para-hydroxylation sites is 1. The highest BCUT2D eigenvalue weighted by Gasteiger charge is 2.38. The molecule has 1 saturated heterocycles. The van der Waals surface area contributed by atoms with Gasteiger partial charge in [0, 0.05) is 11.6 Å². The monoisotopic (exact) mass is 349 g/mol. The molecule has 0 atom stereocenters. The molecule has 1 aliphatic heterocycles. The number of nitrogens with zero attached hydrogens (tertiary/aromatic N) is 1. The number of benzene rings is 1. The molecule has 4 nitrogen and oxygen atoms in total. The van der Waals surface area contributed by atoms with Crippen LogP contribution in [0.1, 0.15) is 31.2 Å². The van der Waals surface area contributed by atoms with Crippen LogP contribution in [0.15, 0.2) is 23.1 Å². The summed E-state index contributed by atoms with van der Waals surface area (Å²) in [5.41, 5.74) is 0.818. The summed E-state index contributed by atoms with van der Waals surface area (Å²) in [4.78, 5) is 15.2. The molecule has 1 heterocycles. The van der Waals surface area contributed by atoms with Crippen molar-refractivity contribution in [2.45, 2.75) is 31.7 Å². The lowest BCUT2D eigenvalue weighted by molar-refractivity contribution is -0.123. The van der Waals surface area contributed by atoms with Crippen LogP contribution in [-0.2, 0) is 4.79 Å². The molecule has 2 aliphatic rings. The van der Waals surface area contributed by atoms with Crippen LogP contribution in [0.25, 0.3) is 6.08 Å². The zero-order chi connectivity index (χ0) is 16.4. The molecule has 1 aliphatic carbocycles. The van der Waals surface area contributed by atoms with Crippen LogP contribution in [0.2, 0.25) is 0 Å². The number of thiocarbonyl (C=S) groups is 1. The van der Waals surface area contributed by atoms with Gasteiger partial charge in [0.15, 0.2) is 11.5 Å². The van der Waals surface area contributed by atoms with E-state index in [1.807, 2.05) is 24.3 Å². The van der Waals surface area contributed by atoms with Gasteiger partial charge in [-0.25, -0.2) is 0 Å². The van der Waals surface area contributed by atoms with Crippen molar-refractivity contribution < 1.29 is 14.3 Å². The zero-order valence-corrected chi connectivity index (χ0v) is 14.8. The first kappa shape index (κ1) is 16.3. The molecule has 0 radical (unpaired) electrons. The lowest BCUT2D eigenvalue weighted by Crippen LogP contribution is -2.36. The number of carbonyl (C=O) groups is 1.